The molecule has 1 aromatic rings. The van der Waals surface area contributed by atoms with Crippen LogP contribution in [0.2, 0.25) is 0 Å². The van der Waals surface area contributed by atoms with Crippen LogP contribution in [0, 0.1) is 13.8 Å². The number of alkyl halides is 3. The van der Waals surface area contributed by atoms with Crippen molar-refractivity contribution in [1.82, 2.24) is 4.57 Å². The molecular formula is C8H8BrF3N2O. The first-order chi connectivity index (χ1) is 6.68. The van der Waals surface area contributed by atoms with Crippen LogP contribution in [0.25, 0.3) is 0 Å². The van der Waals surface area contributed by atoms with Crippen LogP contribution in [-0.2, 0) is 6.30 Å². The van der Waals surface area contributed by atoms with E-state index in [0.717, 1.165) is 0 Å². The molecule has 0 spiro atoms. The van der Waals surface area contributed by atoms with Crippen LogP contribution in [0.3, 0.4) is 0 Å². The first-order valence-corrected chi connectivity index (χ1v) is 4.71. The van der Waals surface area contributed by atoms with Gasteiger partial charge in [-0.15, -0.1) is 13.2 Å². The Kier molecular flexibility index (Phi) is 2.86. The molecule has 84 valence electrons. The van der Waals surface area contributed by atoms with Crippen LogP contribution in [0.4, 0.5) is 18.9 Å². The van der Waals surface area contributed by atoms with Gasteiger partial charge in [-0.2, -0.15) is 0 Å². The molecule has 1 rings (SSSR count). The Morgan fingerprint density at radius 1 is 1.33 bits per heavy atom. The third-order valence-corrected chi connectivity index (χ3v) is 3.24. The highest BCUT2D eigenvalue weighted by molar-refractivity contribution is 9.10. The highest BCUT2D eigenvalue weighted by Gasteiger charge is 2.35. The molecule has 0 saturated carbocycles. The van der Waals surface area contributed by atoms with E-state index in [2.05, 4.69) is 15.9 Å². The van der Waals surface area contributed by atoms with Crippen molar-refractivity contribution >= 4 is 21.6 Å². The molecule has 0 aliphatic carbocycles. The number of nitrogens with zero attached hydrogens (tertiary/aromatic N) is 1. The molecule has 1 aromatic heterocycles. The fourth-order valence-electron chi connectivity index (χ4n) is 1.23. The maximum absolute atomic E-state index is 12.5. The van der Waals surface area contributed by atoms with Crippen molar-refractivity contribution in [2.24, 2.45) is 0 Å². The first-order valence-electron chi connectivity index (χ1n) is 3.92. The van der Waals surface area contributed by atoms with Crippen molar-refractivity contribution in [1.29, 1.82) is 0 Å². The number of hydrogen-bond donors (Lipinski definition) is 1. The summed E-state index contributed by atoms with van der Waals surface area (Å²) in [6, 6.07) is 0. The van der Waals surface area contributed by atoms with Crippen LogP contribution in [-0.4, -0.2) is 4.57 Å². The van der Waals surface area contributed by atoms with Crippen LogP contribution in [0.5, 0.6) is 0 Å². The number of rotatable bonds is 0. The fourth-order valence-corrected chi connectivity index (χ4v) is 1.62. The molecular weight excluding hydrogens is 277 g/mol. The highest BCUT2D eigenvalue weighted by atomic mass is 79.9. The number of pyridine rings is 1. The number of aromatic nitrogens is 1. The predicted octanol–water partition coefficient (Wildman–Crippen LogP) is 2.29. The molecule has 7 heteroatoms. The zero-order valence-electron chi connectivity index (χ0n) is 7.94. The Bertz CT molecular complexity index is 464. The minimum absolute atomic E-state index is 0.192. The Balaban J connectivity index is 3.77. The zero-order valence-corrected chi connectivity index (χ0v) is 9.53. The van der Waals surface area contributed by atoms with Crippen molar-refractivity contribution < 1.29 is 13.2 Å². The summed E-state index contributed by atoms with van der Waals surface area (Å²) in [5.41, 5.74) is 3.76. The van der Waals surface area contributed by atoms with Crippen LogP contribution in [0.1, 0.15) is 11.3 Å². The van der Waals surface area contributed by atoms with Gasteiger partial charge in [0.1, 0.15) is 5.69 Å². The average Bonchev–Trinajstić information content (AvgIpc) is 2.09. The third-order valence-electron chi connectivity index (χ3n) is 2.07. The topological polar surface area (TPSA) is 48.0 Å². The molecule has 0 saturated heterocycles. The molecule has 0 fully saturated rings. The van der Waals surface area contributed by atoms with Gasteiger partial charge in [0.25, 0.3) is 5.56 Å². The van der Waals surface area contributed by atoms with Crippen LogP contribution in [0.15, 0.2) is 9.27 Å². The van der Waals surface area contributed by atoms with E-state index in [1.54, 1.807) is 0 Å². The number of halogens is 4. The summed E-state index contributed by atoms with van der Waals surface area (Å²) >= 11 is 2.97. The van der Waals surface area contributed by atoms with Gasteiger partial charge in [0.05, 0.1) is 0 Å². The second kappa shape index (κ2) is 3.55. The summed E-state index contributed by atoms with van der Waals surface area (Å²) in [4.78, 5) is 11.3. The fraction of sp³-hybridized carbons (Fsp3) is 0.375. The van der Waals surface area contributed by atoms with Gasteiger partial charge in [-0.25, -0.2) is 4.57 Å². The Hall–Kier alpha value is -0.980. The number of nitrogen functional groups attached to an aromatic ring is 1. The van der Waals surface area contributed by atoms with Gasteiger partial charge in [0.2, 0.25) is 0 Å². The van der Waals surface area contributed by atoms with E-state index in [1.165, 1.54) is 13.8 Å². The van der Waals surface area contributed by atoms with Gasteiger partial charge in [0, 0.05) is 10.2 Å². The van der Waals surface area contributed by atoms with E-state index < -0.39 is 17.5 Å². The zero-order chi connectivity index (χ0) is 12.0. The average molecular weight is 285 g/mol. The van der Waals surface area contributed by atoms with Gasteiger partial charge < -0.3 is 5.73 Å². The normalized spacial score (nSPS) is 11.9. The minimum Gasteiger partial charge on any atom is -0.394 e. The summed E-state index contributed by atoms with van der Waals surface area (Å²) in [7, 11) is 0. The Morgan fingerprint density at radius 3 is 2.20 bits per heavy atom. The van der Waals surface area contributed by atoms with E-state index in [4.69, 9.17) is 5.73 Å². The van der Waals surface area contributed by atoms with Gasteiger partial charge >= 0.3 is 6.30 Å². The van der Waals surface area contributed by atoms with Gasteiger partial charge in [-0.05, 0) is 35.3 Å². The predicted molar refractivity (Wildman–Crippen MR) is 53.6 cm³/mol. The summed E-state index contributed by atoms with van der Waals surface area (Å²) < 4.78 is 37.4. The molecule has 0 aromatic carbocycles. The van der Waals surface area contributed by atoms with E-state index in [-0.39, 0.29) is 14.7 Å². The van der Waals surface area contributed by atoms with Crippen molar-refractivity contribution in [3.05, 3.63) is 26.1 Å². The second-order valence-electron chi connectivity index (χ2n) is 3.05. The molecule has 0 atom stereocenters. The van der Waals surface area contributed by atoms with E-state index in [0.29, 0.717) is 5.56 Å². The summed E-state index contributed by atoms with van der Waals surface area (Å²) in [5.74, 6) is 0. The lowest BCUT2D eigenvalue weighted by Gasteiger charge is -2.17. The molecule has 0 unspecified atom stereocenters. The summed E-state index contributed by atoms with van der Waals surface area (Å²) in [6.07, 6.45) is -4.76. The van der Waals surface area contributed by atoms with Crippen LogP contribution < -0.4 is 11.3 Å². The molecule has 0 radical (unpaired) electrons. The minimum atomic E-state index is -4.76. The maximum Gasteiger partial charge on any atom is 0.491 e. The lowest BCUT2D eigenvalue weighted by molar-refractivity contribution is -0.207. The summed E-state index contributed by atoms with van der Waals surface area (Å²) in [5, 5.41) is 0. The molecule has 3 nitrogen and oxygen atoms in total. The van der Waals surface area contributed by atoms with E-state index in [9.17, 15) is 18.0 Å². The van der Waals surface area contributed by atoms with Crippen molar-refractivity contribution in [3.63, 3.8) is 0 Å². The number of nitrogens with two attached hydrogens (primary N) is 1. The van der Waals surface area contributed by atoms with Crippen molar-refractivity contribution in [2.45, 2.75) is 20.1 Å². The highest BCUT2D eigenvalue weighted by Crippen LogP contribution is 2.29. The van der Waals surface area contributed by atoms with Gasteiger partial charge in [0.15, 0.2) is 0 Å². The second-order valence-corrected chi connectivity index (χ2v) is 3.84. The molecule has 0 aliphatic rings. The standard InChI is InChI=1S/C8H8BrF3N2O/c1-3-5(9)4(2)14(8(10,11)12)7(15)6(3)13/h13H2,1-2H3. The number of hydrogen-bond acceptors (Lipinski definition) is 2. The van der Waals surface area contributed by atoms with Gasteiger partial charge in [-0.3, -0.25) is 4.79 Å². The monoisotopic (exact) mass is 284 g/mol. The molecule has 0 amide bonds. The van der Waals surface area contributed by atoms with E-state index >= 15 is 0 Å². The lowest BCUT2D eigenvalue weighted by atomic mass is 10.2. The molecule has 15 heavy (non-hydrogen) atoms. The Labute approximate surface area is 91.8 Å². The molecule has 2 N–H and O–H groups in total. The van der Waals surface area contributed by atoms with Crippen molar-refractivity contribution in [3.8, 4) is 0 Å². The lowest BCUT2D eigenvalue weighted by Crippen LogP contribution is -2.35. The largest absolute Gasteiger partial charge is 0.491 e. The van der Waals surface area contributed by atoms with E-state index in [1.807, 2.05) is 0 Å². The quantitative estimate of drug-likeness (QED) is 0.795. The van der Waals surface area contributed by atoms with Gasteiger partial charge in [-0.1, -0.05) is 0 Å². The smallest absolute Gasteiger partial charge is 0.394 e. The molecule has 1 heterocycles. The summed E-state index contributed by atoms with van der Waals surface area (Å²) in [6.45, 7) is 2.68. The maximum atomic E-state index is 12.5. The van der Waals surface area contributed by atoms with Crippen LogP contribution >= 0.6 is 15.9 Å². The SMILES string of the molecule is Cc1c(Br)c(C)n(C(F)(F)F)c(=O)c1N. The Morgan fingerprint density at radius 2 is 1.80 bits per heavy atom. The van der Waals surface area contributed by atoms with Crippen molar-refractivity contribution in [2.75, 3.05) is 5.73 Å². The molecule has 0 bridgehead atoms. The molecule has 0 aliphatic heterocycles. The third kappa shape index (κ3) is 1.88. The first kappa shape index (κ1) is 12.1. The number of anilines is 1.